The van der Waals surface area contributed by atoms with Crippen molar-refractivity contribution >= 4 is 54.0 Å². The van der Waals surface area contributed by atoms with Crippen molar-refractivity contribution in [1.29, 1.82) is 0 Å². The van der Waals surface area contributed by atoms with Crippen molar-refractivity contribution in [3.63, 3.8) is 0 Å². The maximum absolute atomic E-state index is 6.55. The second-order valence-corrected chi connectivity index (χ2v) is 18.0. The van der Waals surface area contributed by atoms with Crippen LogP contribution in [0.15, 0.2) is 97.1 Å². The average molecular weight is 586 g/mol. The fraction of sp³-hybridized carbons (Fsp3) is 0.333. The Kier molecular flexibility index (Phi) is 6.39. The van der Waals surface area contributed by atoms with Crippen molar-refractivity contribution in [3.8, 4) is 11.1 Å². The van der Waals surface area contributed by atoms with E-state index in [0.717, 1.165) is 10.9 Å². The molecule has 3 aliphatic heterocycles. The predicted octanol–water partition coefficient (Wildman–Crippen LogP) is 3.64. The third kappa shape index (κ3) is 4.20. The van der Waals surface area contributed by atoms with Crippen LogP contribution in [-0.2, 0) is 18.6 Å². The lowest BCUT2D eigenvalue weighted by Gasteiger charge is -2.32. The fourth-order valence-corrected chi connectivity index (χ4v) is 12.0. The zero-order chi connectivity index (χ0) is 30.4. The normalized spacial score (nSPS) is 22.0. The Hall–Kier alpha value is -2.93. The Bertz CT molecular complexity index is 1540. The van der Waals surface area contributed by atoms with Crippen LogP contribution in [0.4, 0.5) is 0 Å². The molecule has 0 unspecified atom stereocenters. The van der Waals surface area contributed by atoms with Crippen LogP contribution in [0.25, 0.3) is 11.1 Å². The van der Waals surface area contributed by atoms with Crippen molar-refractivity contribution in [2.45, 2.75) is 77.8 Å². The molecule has 4 aromatic carbocycles. The Labute approximate surface area is 258 Å². The summed E-state index contributed by atoms with van der Waals surface area (Å²) in [4.78, 5) is 0. The first kappa shape index (κ1) is 28.8. The summed E-state index contributed by atoms with van der Waals surface area (Å²) in [6, 6.07) is 35.8. The van der Waals surface area contributed by atoms with E-state index in [4.69, 9.17) is 18.6 Å². The Morgan fingerprint density at radius 1 is 0.442 bits per heavy atom. The Balaban J connectivity index is 1.47. The first-order valence-electron chi connectivity index (χ1n) is 15.4. The number of hydrogen-bond acceptors (Lipinski definition) is 4. The van der Waals surface area contributed by atoms with Crippen LogP contribution in [0.5, 0.6) is 0 Å². The molecule has 3 heterocycles. The summed E-state index contributed by atoms with van der Waals surface area (Å²) in [5.41, 5.74) is 3.01. The molecule has 7 heteroatoms. The van der Waals surface area contributed by atoms with E-state index in [0.29, 0.717) is 0 Å². The van der Waals surface area contributed by atoms with Gasteiger partial charge in [-0.25, -0.2) is 0 Å². The van der Waals surface area contributed by atoms with Gasteiger partial charge in [0.25, 0.3) is 0 Å². The van der Waals surface area contributed by atoms with Gasteiger partial charge >= 0.3 is 14.2 Å². The molecule has 0 aromatic heterocycles. The first-order valence-corrected chi connectivity index (χ1v) is 17.4. The fourth-order valence-electron chi connectivity index (χ4n) is 6.78. The van der Waals surface area contributed by atoms with Crippen LogP contribution in [0.2, 0.25) is 0 Å². The molecule has 2 saturated heterocycles. The van der Waals surface area contributed by atoms with Crippen LogP contribution >= 0.6 is 0 Å². The van der Waals surface area contributed by atoms with Gasteiger partial charge in [-0.2, -0.15) is 0 Å². The van der Waals surface area contributed by atoms with E-state index < -0.39 is 44.7 Å². The van der Waals surface area contributed by atoms with Crippen molar-refractivity contribution in [2.75, 3.05) is 0 Å². The molecule has 4 nitrogen and oxygen atoms in total. The van der Waals surface area contributed by atoms with Crippen LogP contribution in [0, 0.1) is 0 Å². The van der Waals surface area contributed by atoms with Gasteiger partial charge in [-0.3, -0.25) is 0 Å². The quantitative estimate of drug-likeness (QED) is 0.302. The van der Waals surface area contributed by atoms with Gasteiger partial charge in [0.15, 0.2) is 8.07 Å². The summed E-state index contributed by atoms with van der Waals surface area (Å²) in [5, 5.41) is 5.41. The van der Waals surface area contributed by atoms with Gasteiger partial charge < -0.3 is 18.6 Å². The van der Waals surface area contributed by atoms with Crippen molar-refractivity contribution in [1.82, 2.24) is 0 Å². The molecule has 0 amide bonds. The zero-order valence-corrected chi connectivity index (χ0v) is 27.5. The largest absolute Gasteiger partial charge is 0.494 e. The highest BCUT2D eigenvalue weighted by atomic mass is 28.3. The van der Waals surface area contributed by atoms with Gasteiger partial charge in [-0.15, -0.1) is 0 Å². The topological polar surface area (TPSA) is 36.9 Å². The lowest BCUT2D eigenvalue weighted by atomic mass is 9.77. The molecule has 2 fully saturated rings. The van der Waals surface area contributed by atoms with Crippen LogP contribution < -0.4 is 31.7 Å². The zero-order valence-electron chi connectivity index (χ0n) is 26.5. The van der Waals surface area contributed by atoms with E-state index in [1.54, 1.807) is 0 Å². The van der Waals surface area contributed by atoms with Gasteiger partial charge in [0, 0.05) is 0 Å². The molecule has 43 heavy (non-hydrogen) atoms. The lowest BCUT2D eigenvalue weighted by Crippen LogP contribution is -2.73. The van der Waals surface area contributed by atoms with Gasteiger partial charge in [-0.1, -0.05) is 97.1 Å². The highest BCUT2D eigenvalue weighted by Crippen LogP contribution is 2.38. The second-order valence-electron chi connectivity index (χ2n) is 14.3. The van der Waals surface area contributed by atoms with E-state index >= 15 is 0 Å². The minimum Gasteiger partial charge on any atom is -0.399 e. The Morgan fingerprint density at radius 3 is 1.09 bits per heavy atom. The number of rotatable bonds is 4. The van der Waals surface area contributed by atoms with Crippen molar-refractivity contribution in [3.05, 3.63) is 97.1 Å². The molecule has 0 aliphatic carbocycles. The minimum atomic E-state index is -2.76. The van der Waals surface area contributed by atoms with E-state index in [-0.39, 0.29) is 0 Å². The molecule has 7 rings (SSSR count). The molecule has 0 atom stereocenters. The van der Waals surface area contributed by atoms with Crippen LogP contribution in [0.3, 0.4) is 0 Å². The smallest absolute Gasteiger partial charge is 0.399 e. The molecule has 0 saturated carbocycles. The SMILES string of the molecule is CC1(C)OB(c2ccc3c(c2)[Si](c2ccccc2)(c2ccccc2)c2cc(B4OC(C)(C)C(C)(C)O4)ccc2-3)OC1(C)C. The molecular weight excluding hydrogens is 546 g/mol. The number of hydrogen-bond donors (Lipinski definition) is 0. The van der Waals surface area contributed by atoms with E-state index in [2.05, 4.69) is 152 Å². The standard InChI is InChI=1S/C36H40B2O4Si/c1-33(2)34(3,4)40-37(39-33)25-19-21-29-30-22-20-26(38-41-35(5,6)36(7,8)42-38)24-32(30)43(31(29)23-25,27-15-11-9-12-16-27)28-17-13-10-14-18-28/h9-24H,1-8H3. The lowest BCUT2D eigenvalue weighted by molar-refractivity contribution is 0.00578. The maximum Gasteiger partial charge on any atom is 0.494 e. The third-order valence-electron chi connectivity index (χ3n) is 10.6. The molecular formula is C36H40B2O4Si. The highest BCUT2D eigenvalue weighted by Gasteiger charge is 2.55. The highest BCUT2D eigenvalue weighted by molar-refractivity contribution is 7.22. The van der Waals surface area contributed by atoms with Gasteiger partial charge in [-0.05, 0) is 98.2 Å². The van der Waals surface area contributed by atoms with E-state index in [1.807, 2.05) is 0 Å². The molecule has 218 valence electrons. The molecule has 3 aliphatic rings. The summed E-state index contributed by atoms with van der Waals surface area (Å²) < 4.78 is 26.2. The summed E-state index contributed by atoms with van der Waals surface area (Å²) in [7, 11) is -3.62. The molecule has 0 bridgehead atoms. The van der Waals surface area contributed by atoms with Crippen molar-refractivity contribution < 1.29 is 18.6 Å². The summed E-state index contributed by atoms with van der Waals surface area (Å²) in [6.45, 7) is 16.9. The molecule has 0 N–H and O–H groups in total. The summed E-state index contributed by atoms with van der Waals surface area (Å²) >= 11 is 0. The van der Waals surface area contributed by atoms with Crippen molar-refractivity contribution in [2.24, 2.45) is 0 Å². The number of benzene rings is 4. The first-order chi connectivity index (χ1) is 20.3. The van der Waals surface area contributed by atoms with Gasteiger partial charge in [0.2, 0.25) is 0 Å². The van der Waals surface area contributed by atoms with Crippen LogP contribution in [0.1, 0.15) is 55.4 Å². The van der Waals surface area contributed by atoms with Gasteiger partial charge in [0.05, 0.1) is 22.4 Å². The predicted molar refractivity (Wildman–Crippen MR) is 180 cm³/mol. The summed E-state index contributed by atoms with van der Waals surface area (Å²) in [5.74, 6) is 0. The average Bonchev–Trinajstić information content (AvgIpc) is 3.48. The molecule has 4 aromatic rings. The minimum absolute atomic E-state index is 0.412. The van der Waals surface area contributed by atoms with E-state index in [9.17, 15) is 0 Å². The Morgan fingerprint density at radius 2 is 0.767 bits per heavy atom. The van der Waals surface area contributed by atoms with E-state index in [1.165, 1.54) is 31.9 Å². The maximum atomic E-state index is 6.55. The summed E-state index contributed by atoms with van der Waals surface area (Å²) in [6.07, 6.45) is 0. The van der Waals surface area contributed by atoms with Gasteiger partial charge in [0.1, 0.15) is 0 Å². The number of fused-ring (bicyclic) bond motifs is 3. The van der Waals surface area contributed by atoms with Crippen LogP contribution in [-0.4, -0.2) is 44.7 Å². The molecule has 0 radical (unpaired) electrons. The second kappa shape index (κ2) is 9.53. The monoisotopic (exact) mass is 586 g/mol. The third-order valence-corrected chi connectivity index (χ3v) is 15.5. The molecule has 0 spiro atoms.